The molecule has 1 aliphatic heterocycles. The Bertz CT molecular complexity index is 636. The minimum absolute atomic E-state index is 0.0118. The van der Waals surface area contributed by atoms with E-state index in [1.807, 2.05) is 18.2 Å². The Kier molecular flexibility index (Phi) is 2.64. The quantitative estimate of drug-likeness (QED) is 0.808. The topological polar surface area (TPSA) is 74.8 Å². The first-order valence-electron chi connectivity index (χ1n) is 5.33. The highest BCUT2D eigenvalue weighted by Crippen LogP contribution is 2.34. The third kappa shape index (κ3) is 1.80. The average molecular weight is 259 g/mol. The lowest BCUT2D eigenvalue weighted by Crippen LogP contribution is -2.18. The van der Waals surface area contributed by atoms with E-state index in [0.717, 1.165) is 22.4 Å². The number of carbonyl (C=O) groups excluding carboxylic acids is 2. The number of thioether (sulfide) groups is 1. The minimum Gasteiger partial charge on any atom is -0.342 e. The van der Waals surface area contributed by atoms with Crippen LogP contribution in [-0.2, 0) is 4.79 Å². The lowest BCUT2D eigenvalue weighted by atomic mass is 10.1. The molecule has 0 aliphatic carbocycles. The molecule has 0 radical (unpaired) electrons. The first kappa shape index (κ1) is 11.0. The highest BCUT2D eigenvalue weighted by molar-refractivity contribution is 8.00. The number of hydrogen-bond acceptors (Lipinski definition) is 4. The standard InChI is InChI=1S/C12H9N3O2S/c16-4-9-12(14-6-13-9)7-1-2-10-8(3-7)15-11(17)5-18-10/h1-4,6H,5H2,(H,13,14)(H,15,17). The fourth-order valence-corrected chi connectivity index (χ4v) is 2.64. The molecule has 1 aromatic carbocycles. The largest absolute Gasteiger partial charge is 0.342 e. The fraction of sp³-hybridized carbons (Fsp3) is 0.0833. The molecule has 1 aliphatic rings. The number of hydrogen-bond donors (Lipinski definition) is 2. The first-order valence-corrected chi connectivity index (χ1v) is 6.32. The summed E-state index contributed by atoms with van der Waals surface area (Å²) in [6.07, 6.45) is 2.21. The summed E-state index contributed by atoms with van der Waals surface area (Å²) >= 11 is 1.50. The third-order valence-corrected chi connectivity index (χ3v) is 3.75. The summed E-state index contributed by atoms with van der Waals surface area (Å²) in [6, 6.07) is 5.66. The molecule has 90 valence electrons. The van der Waals surface area contributed by atoms with E-state index in [0.29, 0.717) is 17.1 Å². The molecule has 1 amide bonds. The van der Waals surface area contributed by atoms with Crippen molar-refractivity contribution >= 4 is 29.6 Å². The van der Waals surface area contributed by atoms with Crippen molar-refractivity contribution in [1.82, 2.24) is 9.97 Å². The van der Waals surface area contributed by atoms with Crippen LogP contribution in [0.5, 0.6) is 0 Å². The average Bonchev–Trinajstić information content (AvgIpc) is 2.86. The van der Waals surface area contributed by atoms with Crippen LogP contribution in [-0.4, -0.2) is 27.9 Å². The highest BCUT2D eigenvalue weighted by Gasteiger charge is 2.17. The molecular formula is C12H9N3O2S. The SMILES string of the molecule is O=Cc1[nH]cnc1-c1ccc2c(c1)NC(=O)CS2. The lowest BCUT2D eigenvalue weighted by molar-refractivity contribution is -0.113. The van der Waals surface area contributed by atoms with Gasteiger partial charge in [-0.25, -0.2) is 4.98 Å². The van der Waals surface area contributed by atoms with Crippen molar-refractivity contribution < 1.29 is 9.59 Å². The van der Waals surface area contributed by atoms with E-state index in [1.54, 1.807) is 0 Å². The van der Waals surface area contributed by atoms with Crippen LogP contribution >= 0.6 is 11.8 Å². The van der Waals surface area contributed by atoms with Crippen molar-refractivity contribution in [3.63, 3.8) is 0 Å². The van der Waals surface area contributed by atoms with Gasteiger partial charge in [-0.15, -0.1) is 11.8 Å². The van der Waals surface area contributed by atoms with Gasteiger partial charge in [0.05, 0.1) is 23.5 Å². The molecule has 0 unspecified atom stereocenters. The Labute approximate surface area is 107 Å². The second-order valence-electron chi connectivity index (χ2n) is 3.83. The number of anilines is 1. The van der Waals surface area contributed by atoms with E-state index < -0.39 is 0 Å². The molecule has 0 fully saturated rings. The van der Waals surface area contributed by atoms with Crippen LogP contribution in [0.25, 0.3) is 11.3 Å². The van der Waals surface area contributed by atoms with Crippen molar-refractivity contribution in [3.05, 3.63) is 30.2 Å². The van der Waals surface area contributed by atoms with Crippen molar-refractivity contribution in [2.45, 2.75) is 4.90 Å². The summed E-state index contributed by atoms with van der Waals surface area (Å²) in [5.41, 5.74) is 2.61. The van der Waals surface area contributed by atoms with E-state index in [4.69, 9.17) is 0 Å². The molecule has 0 saturated carbocycles. The molecule has 6 heteroatoms. The zero-order valence-electron chi connectivity index (χ0n) is 9.27. The summed E-state index contributed by atoms with van der Waals surface area (Å²) in [5, 5.41) is 2.81. The van der Waals surface area contributed by atoms with Crippen molar-refractivity contribution in [3.8, 4) is 11.3 Å². The second-order valence-corrected chi connectivity index (χ2v) is 4.85. The van der Waals surface area contributed by atoms with Gasteiger partial charge in [-0.3, -0.25) is 9.59 Å². The fourth-order valence-electron chi connectivity index (χ4n) is 1.85. The van der Waals surface area contributed by atoms with Crippen LogP contribution in [0.2, 0.25) is 0 Å². The van der Waals surface area contributed by atoms with Crippen LogP contribution in [0.3, 0.4) is 0 Å². The number of aldehydes is 1. The number of aromatic nitrogens is 2. The smallest absolute Gasteiger partial charge is 0.234 e. The van der Waals surface area contributed by atoms with Crippen molar-refractivity contribution in [2.24, 2.45) is 0 Å². The summed E-state index contributed by atoms with van der Waals surface area (Å²) in [6.45, 7) is 0. The van der Waals surface area contributed by atoms with Gasteiger partial charge in [0.1, 0.15) is 5.69 Å². The zero-order chi connectivity index (χ0) is 12.5. The molecule has 2 heterocycles. The number of rotatable bonds is 2. The van der Waals surface area contributed by atoms with Crippen molar-refractivity contribution in [1.29, 1.82) is 0 Å². The first-order chi connectivity index (χ1) is 8.78. The number of fused-ring (bicyclic) bond motifs is 1. The Balaban J connectivity index is 2.07. The van der Waals surface area contributed by atoms with Gasteiger partial charge >= 0.3 is 0 Å². The second kappa shape index (κ2) is 4.30. The van der Waals surface area contributed by atoms with Gasteiger partial charge in [0.25, 0.3) is 0 Å². The predicted molar refractivity (Wildman–Crippen MR) is 68.8 cm³/mol. The normalized spacial score (nSPS) is 13.9. The Hall–Kier alpha value is -2.08. The summed E-state index contributed by atoms with van der Waals surface area (Å²) in [5.74, 6) is 0.427. The third-order valence-electron chi connectivity index (χ3n) is 2.67. The van der Waals surface area contributed by atoms with Crippen LogP contribution in [0.1, 0.15) is 10.5 Å². The van der Waals surface area contributed by atoms with Gasteiger partial charge in [-0.2, -0.15) is 0 Å². The predicted octanol–water partition coefficient (Wildman–Crippen LogP) is 1.93. The Morgan fingerprint density at radius 3 is 3.11 bits per heavy atom. The molecule has 18 heavy (non-hydrogen) atoms. The maximum atomic E-state index is 11.3. The van der Waals surface area contributed by atoms with Gasteiger partial charge < -0.3 is 10.3 Å². The Morgan fingerprint density at radius 2 is 2.28 bits per heavy atom. The van der Waals surface area contributed by atoms with E-state index in [1.165, 1.54) is 18.1 Å². The summed E-state index contributed by atoms with van der Waals surface area (Å²) in [7, 11) is 0. The molecule has 3 rings (SSSR count). The number of benzene rings is 1. The van der Waals surface area contributed by atoms with Gasteiger partial charge in [0, 0.05) is 10.5 Å². The van der Waals surface area contributed by atoms with Gasteiger partial charge in [-0.1, -0.05) is 6.07 Å². The van der Waals surface area contributed by atoms with Crippen LogP contribution in [0.15, 0.2) is 29.4 Å². The van der Waals surface area contributed by atoms with E-state index in [9.17, 15) is 9.59 Å². The minimum atomic E-state index is -0.0118. The zero-order valence-corrected chi connectivity index (χ0v) is 10.1. The molecule has 0 bridgehead atoms. The van der Waals surface area contributed by atoms with Crippen LogP contribution in [0, 0.1) is 0 Å². The number of imidazole rings is 1. The van der Waals surface area contributed by atoms with Crippen LogP contribution < -0.4 is 5.32 Å². The molecule has 0 spiro atoms. The monoisotopic (exact) mass is 259 g/mol. The maximum Gasteiger partial charge on any atom is 0.234 e. The number of carbonyl (C=O) groups is 2. The number of amides is 1. The summed E-state index contributed by atoms with van der Waals surface area (Å²) in [4.78, 5) is 30.1. The van der Waals surface area contributed by atoms with E-state index in [-0.39, 0.29) is 5.91 Å². The molecule has 2 aromatic rings. The van der Waals surface area contributed by atoms with E-state index in [2.05, 4.69) is 15.3 Å². The lowest BCUT2D eigenvalue weighted by Gasteiger charge is -2.16. The highest BCUT2D eigenvalue weighted by atomic mass is 32.2. The Morgan fingerprint density at radius 1 is 1.39 bits per heavy atom. The van der Waals surface area contributed by atoms with E-state index >= 15 is 0 Å². The van der Waals surface area contributed by atoms with Gasteiger partial charge in [0.2, 0.25) is 5.91 Å². The number of aromatic amines is 1. The maximum absolute atomic E-state index is 11.3. The van der Waals surface area contributed by atoms with Gasteiger partial charge in [0.15, 0.2) is 6.29 Å². The number of H-pyrrole nitrogens is 1. The molecule has 2 N–H and O–H groups in total. The molecule has 1 aromatic heterocycles. The van der Waals surface area contributed by atoms with Crippen molar-refractivity contribution in [2.75, 3.05) is 11.1 Å². The number of nitrogens with one attached hydrogen (secondary N) is 2. The van der Waals surface area contributed by atoms with Gasteiger partial charge in [-0.05, 0) is 12.1 Å². The number of nitrogens with zero attached hydrogens (tertiary/aromatic N) is 1. The van der Waals surface area contributed by atoms with Crippen LogP contribution in [0.4, 0.5) is 5.69 Å². The molecule has 0 atom stereocenters. The molecular weight excluding hydrogens is 250 g/mol. The molecule has 0 saturated heterocycles. The molecule has 5 nitrogen and oxygen atoms in total. The summed E-state index contributed by atoms with van der Waals surface area (Å²) < 4.78 is 0.